The number of carboxylic acids is 1. The van der Waals surface area contributed by atoms with Crippen LogP contribution < -0.4 is 0 Å². The zero-order chi connectivity index (χ0) is 14.6. The van der Waals surface area contributed by atoms with Crippen molar-refractivity contribution in [3.05, 3.63) is 42.0 Å². The lowest BCUT2D eigenvalue weighted by Gasteiger charge is -2.43. The van der Waals surface area contributed by atoms with Crippen molar-refractivity contribution in [2.75, 3.05) is 13.1 Å². The highest BCUT2D eigenvalue weighted by atomic mass is 16.4. The van der Waals surface area contributed by atoms with E-state index >= 15 is 0 Å². The first-order valence-corrected chi connectivity index (χ1v) is 7.19. The highest BCUT2D eigenvalue weighted by Crippen LogP contribution is 2.35. The molecule has 0 amide bonds. The van der Waals surface area contributed by atoms with Gasteiger partial charge in [-0.05, 0) is 30.4 Å². The minimum Gasteiger partial charge on any atom is -0.480 e. The van der Waals surface area contributed by atoms with E-state index in [-0.39, 0.29) is 5.41 Å². The molecule has 0 spiro atoms. The second-order valence-corrected chi connectivity index (χ2v) is 6.14. The average molecular weight is 273 g/mol. The Bertz CT molecular complexity index is 479. The summed E-state index contributed by atoms with van der Waals surface area (Å²) in [4.78, 5) is 13.6. The Hall–Kier alpha value is -1.61. The minimum absolute atomic E-state index is 0.162. The molecule has 1 unspecified atom stereocenters. The summed E-state index contributed by atoms with van der Waals surface area (Å²) in [6.07, 6.45) is 6.16. The van der Waals surface area contributed by atoms with Crippen LogP contribution in [0, 0.1) is 5.41 Å². The molecular weight excluding hydrogens is 250 g/mol. The Morgan fingerprint density at radius 2 is 2.10 bits per heavy atom. The number of likely N-dealkylation sites (tertiary alicyclic amines) is 1. The van der Waals surface area contributed by atoms with E-state index in [4.69, 9.17) is 0 Å². The Labute approximate surface area is 120 Å². The zero-order valence-corrected chi connectivity index (χ0v) is 12.2. The van der Waals surface area contributed by atoms with Crippen LogP contribution in [0.4, 0.5) is 0 Å². The summed E-state index contributed by atoms with van der Waals surface area (Å²) in [5.74, 6) is -0.706. The molecule has 20 heavy (non-hydrogen) atoms. The lowest BCUT2D eigenvalue weighted by Crippen LogP contribution is -2.54. The summed E-state index contributed by atoms with van der Waals surface area (Å²) < 4.78 is 0. The highest BCUT2D eigenvalue weighted by molar-refractivity contribution is 5.74. The van der Waals surface area contributed by atoms with Gasteiger partial charge in [-0.2, -0.15) is 0 Å². The topological polar surface area (TPSA) is 40.5 Å². The molecule has 0 bridgehead atoms. The predicted molar refractivity (Wildman–Crippen MR) is 81.5 cm³/mol. The van der Waals surface area contributed by atoms with Gasteiger partial charge in [0, 0.05) is 6.54 Å². The largest absolute Gasteiger partial charge is 0.480 e. The van der Waals surface area contributed by atoms with Gasteiger partial charge in [-0.3, -0.25) is 9.69 Å². The first-order valence-electron chi connectivity index (χ1n) is 7.19. The first-order chi connectivity index (χ1) is 9.50. The fourth-order valence-corrected chi connectivity index (χ4v) is 3.07. The van der Waals surface area contributed by atoms with Gasteiger partial charge in [-0.1, -0.05) is 56.3 Å². The summed E-state index contributed by atoms with van der Waals surface area (Å²) in [7, 11) is 0. The van der Waals surface area contributed by atoms with Gasteiger partial charge in [0.25, 0.3) is 0 Å². The molecule has 0 aromatic heterocycles. The van der Waals surface area contributed by atoms with Gasteiger partial charge >= 0.3 is 5.97 Å². The monoisotopic (exact) mass is 273 g/mol. The van der Waals surface area contributed by atoms with Gasteiger partial charge in [0.1, 0.15) is 6.04 Å². The maximum absolute atomic E-state index is 11.5. The van der Waals surface area contributed by atoms with Crippen LogP contribution >= 0.6 is 0 Å². The molecule has 1 aliphatic rings. The molecule has 0 aliphatic carbocycles. The summed E-state index contributed by atoms with van der Waals surface area (Å²) in [6, 6.07) is 9.70. The molecule has 1 saturated heterocycles. The summed E-state index contributed by atoms with van der Waals surface area (Å²) in [5.41, 5.74) is 0.987. The van der Waals surface area contributed by atoms with Crippen molar-refractivity contribution in [1.29, 1.82) is 0 Å². The summed E-state index contributed by atoms with van der Waals surface area (Å²) >= 11 is 0. The Morgan fingerprint density at radius 1 is 1.40 bits per heavy atom. The quantitative estimate of drug-likeness (QED) is 0.915. The van der Waals surface area contributed by atoms with Crippen LogP contribution in [0.2, 0.25) is 0 Å². The standard InChI is InChI=1S/C17H23NO2/c1-17(2)11-7-13-18(15(17)16(19)20)12-6-10-14-8-4-3-5-9-14/h3-6,8-10,15H,7,11-13H2,1-2H3,(H,19,20)/b10-6+. The molecule has 1 heterocycles. The molecule has 0 radical (unpaired) electrons. The summed E-state index contributed by atoms with van der Waals surface area (Å²) in [6.45, 7) is 5.66. The number of nitrogens with zero attached hydrogens (tertiary/aromatic N) is 1. The second-order valence-electron chi connectivity index (χ2n) is 6.14. The Kier molecular flexibility index (Phi) is 4.61. The number of piperidine rings is 1. The number of carbonyl (C=O) groups is 1. The second kappa shape index (κ2) is 6.23. The van der Waals surface area contributed by atoms with Crippen LogP contribution in [-0.4, -0.2) is 35.1 Å². The smallest absolute Gasteiger partial charge is 0.321 e. The lowest BCUT2D eigenvalue weighted by molar-refractivity contribution is -0.150. The van der Waals surface area contributed by atoms with Crippen LogP contribution in [0.5, 0.6) is 0 Å². The molecule has 1 aromatic carbocycles. The van der Waals surface area contributed by atoms with E-state index in [1.165, 1.54) is 0 Å². The van der Waals surface area contributed by atoms with Gasteiger partial charge in [-0.25, -0.2) is 0 Å². The third kappa shape index (κ3) is 3.48. The molecule has 108 valence electrons. The van der Waals surface area contributed by atoms with Gasteiger partial charge < -0.3 is 5.11 Å². The Morgan fingerprint density at radius 3 is 2.75 bits per heavy atom. The van der Waals surface area contributed by atoms with Crippen molar-refractivity contribution in [2.24, 2.45) is 5.41 Å². The van der Waals surface area contributed by atoms with Crippen LogP contribution in [0.1, 0.15) is 32.3 Å². The van der Waals surface area contributed by atoms with Crippen LogP contribution in [-0.2, 0) is 4.79 Å². The first kappa shape index (κ1) is 14.8. The van der Waals surface area contributed by atoms with E-state index in [1.54, 1.807) is 0 Å². The van der Waals surface area contributed by atoms with Crippen molar-refractivity contribution < 1.29 is 9.90 Å². The van der Waals surface area contributed by atoms with Crippen molar-refractivity contribution in [3.63, 3.8) is 0 Å². The fraction of sp³-hybridized carbons (Fsp3) is 0.471. The van der Waals surface area contributed by atoms with Crippen molar-refractivity contribution in [2.45, 2.75) is 32.7 Å². The molecule has 1 fully saturated rings. The van der Waals surface area contributed by atoms with Crippen molar-refractivity contribution in [1.82, 2.24) is 4.90 Å². The molecular formula is C17H23NO2. The van der Waals surface area contributed by atoms with Gasteiger partial charge in [0.15, 0.2) is 0 Å². The molecule has 1 aliphatic heterocycles. The molecule has 1 atom stereocenters. The molecule has 0 saturated carbocycles. The van der Waals surface area contributed by atoms with Crippen molar-refractivity contribution >= 4 is 12.0 Å². The lowest BCUT2D eigenvalue weighted by atomic mass is 9.76. The number of carboxylic acid groups (broad SMARTS) is 1. The normalized spacial score (nSPS) is 23.0. The maximum Gasteiger partial charge on any atom is 0.321 e. The van der Waals surface area contributed by atoms with Gasteiger partial charge in [0.05, 0.1) is 0 Å². The molecule has 3 heteroatoms. The molecule has 1 aromatic rings. The van der Waals surface area contributed by atoms with E-state index in [2.05, 4.69) is 30.9 Å². The maximum atomic E-state index is 11.5. The number of hydrogen-bond acceptors (Lipinski definition) is 2. The Balaban J connectivity index is 2.04. The van der Waals surface area contributed by atoms with E-state index in [9.17, 15) is 9.90 Å². The predicted octanol–water partition coefficient (Wildman–Crippen LogP) is 3.28. The van der Waals surface area contributed by atoms with Crippen LogP contribution in [0.3, 0.4) is 0 Å². The average Bonchev–Trinajstić information content (AvgIpc) is 2.38. The van der Waals surface area contributed by atoms with E-state index < -0.39 is 12.0 Å². The number of rotatable bonds is 4. The number of hydrogen-bond donors (Lipinski definition) is 1. The van der Waals surface area contributed by atoms with E-state index in [0.29, 0.717) is 6.54 Å². The van der Waals surface area contributed by atoms with Gasteiger partial charge in [-0.15, -0.1) is 0 Å². The minimum atomic E-state index is -0.706. The van der Waals surface area contributed by atoms with Crippen LogP contribution in [0.25, 0.3) is 6.08 Å². The van der Waals surface area contributed by atoms with E-state index in [1.807, 2.05) is 30.3 Å². The molecule has 3 nitrogen and oxygen atoms in total. The molecule has 2 rings (SSSR count). The summed E-state index contributed by atoms with van der Waals surface area (Å²) in [5, 5.41) is 9.49. The number of aliphatic carboxylic acids is 1. The van der Waals surface area contributed by atoms with Gasteiger partial charge in [0.2, 0.25) is 0 Å². The third-order valence-corrected chi connectivity index (χ3v) is 4.06. The molecule has 1 N–H and O–H groups in total. The fourth-order valence-electron chi connectivity index (χ4n) is 3.07. The zero-order valence-electron chi connectivity index (χ0n) is 12.2. The highest BCUT2D eigenvalue weighted by Gasteiger charge is 2.41. The van der Waals surface area contributed by atoms with Crippen LogP contribution in [0.15, 0.2) is 36.4 Å². The SMILES string of the molecule is CC1(C)CCCN(C/C=C/c2ccccc2)C1C(=O)O. The van der Waals surface area contributed by atoms with E-state index in [0.717, 1.165) is 24.9 Å². The number of benzene rings is 1. The van der Waals surface area contributed by atoms with Crippen molar-refractivity contribution in [3.8, 4) is 0 Å². The third-order valence-electron chi connectivity index (χ3n) is 4.06.